The first kappa shape index (κ1) is 18.0. The van der Waals surface area contributed by atoms with E-state index in [0.29, 0.717) is 13.1 Å². The molecular weight excluding hydrogens is 264 g/mol. The lowest BCUT2D eigenvalue weighted by Crippen LogP contribution is -2.36. The van der Waals surface area contributed by atoms with Crippen LogP contribution in [-0.2, 0) is 6.54 Å². The highest BCUT2D eigenvalue weighted by molar-refractivity contribution is 5.46. The molecule has 0 amide bonds. The smallest absolute Gasteiger partial charge is 0.0862 e. The summed E-state index contributed by atoms with van der Waals surface area (Å²) in [5, 5.41) is 14.7. The monoisotopic (exact) mass is 296 g/mol. The zero-order chi connectivity index (χ0) is 15.8. The molecule has 0 aliphatic heterocycles. The van der Waals surface area contributed by atoms with Crippen molar-refractivity contribution in [2.75, 3.05) is 25.4 Å². The number of aliphatic hydroxyl groups excluding tert-OH is 1. The Bertz CT molecular complexity index is 409. The Morgan fingerprint density at radius 1 is 1.19 bits per heavy atom. The average molecular weight is 296 g/mol. The Kier molecular flexibility index (Phi) is 7.75. The van der Waals surface area contributed by atoms with Gasteiger partial charge in [-0.15, -0.1) is 0 Å². The van der Waals surface area contributed by atoms with Crippen LogP contribution in [0.15, 0.2) is 0 Å². The third-order valence-electron chi connectivity index (χ3n) is 3.95. The van der Waals surface area contributed by atoms with Gasteiger partial charge in [0.25, 0.3) is 0 Å². The molecule has 0 saturated carbocycles. The molecule has 1 atom stereocenters. The molecule has 1 unspecified atom stereocenters. The van der Waals surface area contributed by atoms with Crippen molar-refractivity contribution in [1.29, 1.82) is 0 Å². The molecule has 1 rings (SSSR count). The van der Waals surface area contributed by atoms with E-state index >= 15 is 0 Å². The van der Waals surface area contributed by atoms with Crippen LogP contribution >= 0.6 is 0 Å². The van der Waals surface area contributed by atoms with Crippen molar-refractivity contribution < 1.29 is 5.11 Å². The Morgan fingerprint density at radius 3 is 2.19 bits per heavy atom. The van der Waals surface area contributed by atoms with Gasteiger partial charge >= 0.3 is 0 Å². The average Bonchev–Trinajstić information content (AvgIpc) is 2.69. The van der Waals surface area contributed by atoms with Crippen molar-refractivity contribution in [1.82, 2.24) is 14.7 Å². The van der Waals surface area contributed by atoms with Crippen molar-refractivity contribution in [3.63, 3.8) is 0 Å². The number of hydrogen-bond acceptors (Lipinski definition) is 4. The third kappa shape index (κ3) is 5.67. The first-order chi connectivity index (χ1) is 9.99. The number of anilines is 1. The number of hydrogen-bond donors (Lipinski definition) is 2. The lowest BCUT2D eigenvalue weighted by molar-refractivity contribution is 0.0927. The summed E-state index contributed by atoms with van der Waals surface area (Å²) in [6.07, 6.45) is 4.34. The highest BCUT2D eigenvalue weighted by Gasteiger charge is 2.15. The molecule has 0 aliphatic carbocycles. The molecule has 1 heterocycles. The quantitative estimate of drug-likeness (QED) is 0.695. The molecule has 122 valence electrons. The van der Waals surface area contributed by atoms with Crippen LogP contribution in [0.25, 0.3) is 0 Å². The molecular formula is C16H32N4O. The molecule has 21 heavy (non-hydrogen) atoms. The SMILES string of the molecule is CCCCN(CCCC)CC(O)Cn1nc(C)c(N)c1C. The number of nitrogens with zero attached hydrogens (tertiary/aromatic N) is 3. The largest absolute Gasteiger partial charge is 0.396 e. The van der Waals surface area contributed by atoms with Gasteiger partial charge in [-0.1, -0.05) is 26.7 Å². The standard InChI is InChI=1S/C16H32N4O/c1-5-7-9-19(10-8-6-2)11-15(21)12-20-14(4)16(17)13(3)18-20/h15,21H,5-12,17H2,1-4H3. The minimum Gasteiger partial charge on any atom is -0.396 e. The van der Waals surface area contributed by atoms with E-state index in [-0.39, 0.29) is 0 Å². The van der Waals surface area contributed by atoms with Crippen LogP contribution in [0, 0.1) is 13.8 Å². The summed E-state index contributed by atoms with van der Waals surface area (Å²) in [6, 6.07) is 0. The van der Waals surface area contributed by atoms with Crippen LogP contribution < -0.4 is 5.73 Å². The molecule has 0 bridgehead atoms. The Labute approximate surface area is 129 Å². The molecule has 0 aliphatic rings. The zero-order valence-electron chi connectivity index (χ0n) is 14.1. The second-order valence-corrected chi connectivity index (χ2v) is 5.93. The molecule has 0 fully saturated rings. The summed E-state index contributed by atoms with van der Waals surface area (Å²) in [5.41, 5.74) is 8.45. The predicted molar refractivity (Wildman–Crippen MR) is 88.4 cm³/mol. The number of nitrogen functional groups attached to an aromatic ring is 1. The number of nitrogens with two attached hydrogens (primary N) is 1. The van der Waals surface area contributed by atoms with Gasteiger partial charge in [0.15, 0.2) is 0 Å². The number of aromatic nitrogens is 2. The van der Waals surface area contributed by atoms with Crippen molar-refractivity contribution >= 4 is 5.69 Å². The summed E-state index contributed by atoms with van der Waals surface area (Å²) in [4.78, 5) is 2.37. The van der Waals surface area contributed by atoms with E-state index in [2.05, 4.69) is 23.8 Å². The van der Waals surface area contributed by atoms with E-state index in [9.17, 15) is 5.11 Å². The fourth-order valence-electron chi connectivity index (χ4n) is 2.50. The van der Waals surface area contributed by atoms with Gasteiger partial charge in [0.2, 0.25) is 0 Å². The van der Waals surface area contributed by atoms with E-state index < -0.39 is 6.10 Å². The van der Waals surface area contributed by atoms with Crippen molar-refractivity contribution in [3.8, 4) is 0 Å². The lowest BCUT2D eigenvalue weighted by Gasteiger charge is -2.25. The van der Waals surface area contributed by atoms with E-state index in [1.807, 2.05) is 18.5 Å². The summed E-state index contributed by atoms with van der Waals surface area (Å²) in [7, 11) is 0. The van der Waals surface area contributed by atoms with Crippen molar-refractivity contribution in [2.24, 2.45) is 0 Å². The van der Waals surface area contributed by atoms with Gasteiger partial charge in [0.1, 0.15) is 0 Å². The number of aliphatic hydroxyl groups is 1. The summed E-state index contributed by atoms with van der Waals surface area (Å²) in [5.74, 6) is 0. The molecule has 1 aromatic rings. The maximum atomic E-state index is 10.4. The van der Waals surface area contributed by atoms with Gasteiger partial charge in [-0.05, 0) is 39.8 Å². The fraction of sp³-hybridized carbons (Fsp3) is 0.812. The Balaban J connectivity index is 2.55. The first-order valence-electron chi connectivity index (χ1n) is 8.19. The van der Waals surface area contributed by atoms with Crippen LogP contribution in [0.5, 0.6) is 0 Å². The van der Waals surface area contributed by atoms with Gasteiger partial charge in [0.05, 0.1) is 29.7 Å². The summed E-state index contributed by atoms with van der Waals surface area (Å²) < 4.78 is 1.83. The minimum atomic E-state index is -0.406. The minimum absolute atomic E-state index is 0.406. The zero-order valence-corrected chi connectivity index (χ0v) is 14.1. The normalized spacial score (nSPS) is 13.0. The predicted octanol–water partition coefficient (Wildman–Crippen LogP) is 2.35. The molecule has 3 N–H and O–H groups in total. The van der Waals surface area contributed by atoms with E-state index in [1.54, 1.807) is 0 Å². The Morgan fingerprint density at radius 2 is 1.76 bits per heavy atom. The number of unbranched alkanes of at least 4 members (excludes halogenated alkanes) is 2. The van der Waals surface area contributed by atoms with Gasteiger partial charge in [-0.25, -0.2) is 0 Å². The molecule has 1 aromatic heterocycles. The van der Waals surface area contributed by atoms with Crippen LogP contribution in [0.4, 0.5) is 5.69 Å². The van der Waals surface area contributed by atoms with Crippen molar-refractivity contribution in [2.45, 2.75) is 66.0 Å². The van der Waals surface area contributed by atoms with Crippen molar-refractivity contribution in [3.05, 3.63) is 11.4 Å². The molecule has 0 radical (unpaired) electrons. The fourth-order valence-corrected chi connectivity index (χ4v) is 2.50. The van der Waals surface area contributed by atoms with Crippen LogP contribution in [-0.4, -0.2) is 45.5 Å². The second kappa shape index (κ2) is 9.05. The van der Waals surface area contributed by atoms with Crippen LogP contribution in [0.2, 0.25) is 0 Å². The maximum absolute atomic E-state index is 10.4. The summed E-state index contributed by atoms with van der Waals surface area (Å²) >= 11 is 0. The molecule has 0 saturated heterocycles. The molecule has 0 aromatic carbocycles. The Hall–Kier alpha value is -1.07. The van der Waals surface area contributed by atoms with Crippen LogP contribution in [0.1, 0.15) is 50.9 Å². The maximum Gasteiger partial charge on any atom is 0.0862 e. The van der Waals surface area contributed by atoms with Gasteiger partial charge < -0.3 is 15.7 Å². The third-order valence-corrected chi connectivity index (χ3v) is 3.95. The number of rotatable bonds is 10. The highest BCUT2D eigenvalue weighted by Crippen LogP contribution is 2.15. The van der Waals surface area contributed by atoms with Gasteiger partial charge in [-0.3, -0.25) is 4.68 Å². The molecule has 5 nitrogen and oxygen atoms in total. The summed E-state index contributed by atoms with van der Waals surface area (Å²) in [6.45, 7) is 11.6. The first-order valence-corrected chi connectivity index (χ1v) is 8.19. The molecule has 0 spiro atoms. The van der Waals surface area contributed by atoms with E-state index in [0.717, 1.165) is 30.2 Å². The lowest BCUT2D eigenvalue weighted by atomic mass is 10.2. The van der Waals surface area contributed by atoms with E-state index in [4.69, 9.17) is 5.73 Å². The number of aryl methyl sites for hydroxylation is 1. The highest BCUT2D eigenvalue weighted by atomic mass is 16.3. The second-order valence-electron chi connectivity index (χ2n) is 5.93. The van der Waals surface area contributed by atoms with Gasteiger partial charge in [-0.2, -0.15) is 5.10 Å². The van der Waals surface area contributed by atoms with Crippen LogP contribution in [0.3, 0.4) is 0 Å². The topological polar surface area (TPSA) is 67.3 Å². The molecule has 5 heteroatoms. The van der Waals surface area contributed by atoms with E-state index in [1.165, 1.54) is 25.7 Å². The van der Waals surface area contributed by atoms with Gasteiger partial charge in [0, 0.05) is 6.54 Å².